The number of halogens is 1. The maximum atomic E-state index is 11.6. The minimum atomic E-state index is -0.252. The molecule has 0 aliphatic carbocycles. The zero-order valence-electron chi connectivity index (χ0n) is 11.4. The summed E-state index contributed by atoms with van der Waals surface area (Å²) in [5.41, 5.74) is 1.88. The Bertz CT molecular complexity index is 659. The molecule has 0 heterocycles. The summed E-state index contributed by atoms with van der Waals surface area (Å²) in [6.07, 6.45) is 0. The molecular weight excluding hydrogens is 284 g/mol. The van der Waals surface area contributed by atoms with E-state index >= 15 is 0 Å². The van der Waals surface area contributed by atoms with Crippen molar-refractivity contribution in [1.29, 1.82) is 0 Å². The lowest BCUT2D eigenvalue weighted by Crippen LogP contribution is -2.35. The topological polar surface area (TPSA) is 41.1 Å². The summed E-state index contributed by atoms with van der Waals surface area (Å²) >= 11 is 5.87. The van der Waals surface area contributed by atoms with Gasteiger partial charge in [0, 0.05) is 17.1 Å². The van der Waals surface area contributed by atoms with Gasteiger partial charge in [0.05, 0.1) is 6.54 Å². The van der Waals surface area contributed by atoms with E-state index in [0.29, 0.717) is 18.1 Å². The molecule has 0 aliphatic heterocycles. The van der Waals surface area contributed by atoms with Crippen LogP contribution < -0.4 is 10.6 Å². The van der Waals surface area contributed by atoms with E-state index in [-0.39, 0.29) is 6.03 Å². The molecule has 0 fully saturated rings. The summed E-state index contributed by atoms with van der Waals surface area (Å²) in [6.45, 7) is 0.731. The molecular formula is C17H15ClN2O. The predicted molar refractivity (Wildman–Crippen MR) is 85.0 cm³/mol. The van der Waals surface area contributed by atoms with E-state index in [9.17, 15) is 4.79 Å². The lowest BCUT2D eigenvalue weighted by Gasteiger charge is -2.05. The van der Waals surface area contributed by atoms with Gasteiger partial charge in [0.25, 0.3) is 0 Å². The van der Waals surface area contributed by atoms with Crippen molar-refractivity contribution < 1.29 is 4.79 Å². The van der Waals surface area contributed by atoms with E-state index in [1.54, 1.807) is 6.07 Å². The first kappa shape index (κ1) is 15.0. The fourth-order valence-electron chi connectivity index (χ4n) is 1.68. The van der Waals surface area contributed by atoms with Crippen LogP contribution in [0.3, 0.4) is 0 Å². The first-order valence-corrected chi connectivity index (χ1v) is 6.92. The molecule has 0 unspecified atom stereocenters. The minimum Gasteiger partial charge on any atom is -0.334 e. The molecule has 0 aromatic heterocycles. The zero-order chi connectivity index (χ0) is 14.9. The third kappa shape index (κ3) is 5.60. The van der Waals surface area contributed by atoms with Crippen LogP contribution in [-0.4, -0.2) is 12.6 Å². The van der Waals surface area contributed by atoms with Crippen molar-refractivity contribution in [2.24, 2.45) is 0 Å². The van der Waals surface area contributed by atoms with Crippen molar-refractivity contribution in [2.75, 3.05) is 6.54 Å². The Morgan fingerprint density at radius 1 is 1.05 bits per heavy atom. The van der Waals surface area contributed by atoms with Gasteiger partial charge in [-0.25, -0.2) is 4.79 Å². The summed E-state index contributed by atoms with van der Waals surface area (Å²) in [7, 11) is 0. The molecule has 106 valence electrons. The number of hydrogen-bond acceptors (Lipinski definition) is 1. The first-order chi connectivity index (χ1) is 10.2. The van der Waals surface area contributed by atoms with Crippen molar-refractivity contribution in [1.82, 2.24) is 10.6 Å². The average Bonchev–Trinajstić information content (AvgIpc) is 2.51. The molecule has 2 rings (SSSR count). The number of nitrogens with one attached hydrogen (secondary N) is 2. The van der Waals surface area contributed by atoms with E-state index in [4.69, 9.17) is 11.6 Å². The highest BCUT2D eigenvalue weighted by Crippen LogP contribution is 2.09. The highest BCUT2D eigenvalue weighted by Gasteiger charge is 1.99. The van der Waals surface area contributed by atoms with Crippen LogP contribution in [0.25, 0.3) is 0 Å². The Hall–Kier alpha value is -2.44. The third-order valence-electron chi connectivity index (χ3n) is 2.69. The quantitative estimate of drug-likeness (QED) is 0.840. The van der Waals surface area contributed by atoms with Crippen molar-refractivity contribution >= 4 is 17.6 Å². The Morgan fingerprint density at radius 3 is 2.62 bits per heavy atom. The Morgan fingerprint density at radius 2 is 1.86 bits per heavy atom. The summed E-state index contributed by atoms with van der Waals surface area (Å²) in [6, 6.07) is 16.7. The maximum absolute atomic E-state index is 11.6. The standard InChI is InChI=1S/C17H15ClN2O/c18-16-10-4-8-15(12-16)13-20-17(21)19-11-5-9-14-6-2-1-3-7-14/h1-4,6-8,10,12H,11,13H2,(H2,19,20,21). The molecule has 0 aliphatic rings. The molecule has 0 atom stereocenters. The van der Waals surface area contributed by atoms with Crippen LogP contribution in [0.5, 0.6) is 0 Å². The fraction of sp³-hybridized carbons (Fsp3) is 0.118. The van der Waals surface area contributed by atoms with Crippen molar-refractivity contribution in [3.05, 3.63) is 70.7 Å². The molecule has 2 amide bonds. The summed E-state index contributed by atoms with van der Waals surface area (Å²) < 4.78 is 0. The molecule has 0 saturated carbocycles. The second-order valence-corrected chi connectivity index (χ2v) is 4.77. The van der Waals surface area contributed by atoms with Crippen LogP contribution in [0.1, 0.15) is 11.1 Å². The van der Waals surface area contributed by atoms with Crippen LogP contribution >= 0.6 is 11.6 Å². The number of urea groups is 1. The Labute approximate surface area is 129 Å². The second-order valence-electron chi connectivity index (χ2n) is 4.33. The first-order valence-electron chi connectivity index (χ1n) is 6.54. The number of hydrogen-bond donors (Lipinski definition) is 2. The Kier molecular flexibility index (Phi) is 5.69. The van der Waals surface area contributed by atoms with E-state index in [1.165, 1.54) is 0 Å². The molecule has 0 bridgehead atoms. The van der Waals surface area contributed by atoms with Crippen LogP contribution in [-0.2, 0) is 6.54 Å². The molecule has 0 saturated heterocycles. The average molecular weight is 299 g/mol. The predicted octanol–water partition coefficient (Wildman–Crippen LogP) is 3.19. The lowest BCUT2D eigenvalue weighted by molar-refractivity contribution is 0.241. The minimum absolute atomic E-state index is 0.252. The summed E-state index contributed by atoms with van der Waals surface area (Å²) in [4.78, 5) is 11.6. The van der Waals surface area contributed by atoms with Crippen molar-refractivity contribution in [3.8, 4) is 11.8 Å². The van der Waals surface area contributed by atoms with Gasteiger partial charge < -0.3 is 10.6 Å². The molecule has 0 radical (unpaired) electrons. The van der Waals surface area contributed by atoms with Gasteiger partial charge >= 0.3 is 6.03 Å². The number of rotatable bonds is 3. The SMILES string of the molecule is O=C(NCC#Cc1ccccc1)NCc1cccc(Cl)c1. The monoisotopic (exact) mass is 298 g/mol. The number of carbonyl (C=O) groups excluding carboxylic acids is 1. The molecule has 0 spiro atoms. The number of carbonyl (C=O) groups is 1. The van der Waals surface area contributed by atoms with Gasteiger partial charge in [0.15, 0.2) is 0 Å². The normalized spacial score (nSPS) is 9.38. The van der Waals surface area contributed by atoms with Gasteiger partial charge in [-0.3, -0.25) is 0 Å². The Balaban J connectivity index is 1.72. The van der Waals surface area contributed by atoms with Crippen LogP contribution in [0.2, 0.25) is 5.02 Å². The molecule has 3 nitrogen and oxygen atoms in total. The zero-order valence-corrected chi connectivity index (χ0v) is 12.2. The van der Waals surface area contributed by atoms with Crippen molar-refractivity contribution in [3.63, 3.8) is 0 Å². The second kappa shape index (κ2) is 7.98. The van der Waals surface area contributed by atoms with Gasteiger partial charge in [-0.05, 0) is 29.8 Å². The van der Waals surface area contributed by atoms with E-state index < -0.39 is 0 Å². The highest BCUT2D eigenvalue weighted by atomic mass is 35.5. The van der Waals surface area contributed by atoms with Gasteiger partial charge in [-0.2, -0.15) is 0 Å². The van der Waals surface area contributed by atoms with Crippen LogP contribution in [0.15, 0.2) is 54.6 Å². The molecule has 2 aromatic rings. The maximum Gasteiger partial charge on any atom is 0.315 e. The number of benzene rings is 2. The lowest BCUT2D eigenvalue weighted by atomic mass is 10.2. The van der Waals surface area contributed by atoms with Gasteiger partial charge in [0.2, 0.25) is 0 Å². The van der Waals surface area contributed by atoms with Gasteiger partial charge in [-0.1, -0.05) is 53.8 Å². The van der Waals surface area contributed by atoms with E-state index in [1.807, 2.05) is 48.5 Å². The number of amides is 2. The molecule has 4 heteroatoms. The van der Waals surface area contributed by atoms with Crippen LogP contribution in [0.4, 0.5) is 4.79 Å². The summed E-state index contributed by atoms with van der Waals surface area (Å²) in [5.74, 6) is 5.87. The third-order valence-corrected chi connectivity index (χ3v) is 2.92. The van der Waals surface area contributed by atoms with Crippen LogP contribution in [0, 0.1) is 11.8 Å². The largest absolute Gasteiger partial charge is 0.334 e. The molecule has 2 N–H and O–H groups in total. The fourth-order valence-corrected chi connectivity index (χ4v) is 1.90. The molecule has 2 aromatic carbocycles. The van der Waals surface area contributed by atoms with E-state index in [0.717, 1.165) is 11.1 Å². The smallest absolute Gasteiger partial charge is 0.315 e. The summed E-state index contributed by atoms with van der Waals surface area (Å²) in [5, 5.41) is 6.09. The highest BCUT2D eigenvalue weighted by molar-refractivity contribution is 6.30. The van der Waals surface area contributed by atoms with E-state index in [2.05, 4.69) is 22.5 Å². The van der Waals surface area contributed by atoms with Crippen molar-refractivity contribution in [2.45, 2.75) is 6.54 Å². The van der Waals surface area contributed by atoms with Gasteiger partial charge in [0.1, 0.15) is 0 Å². The molecule has 21 heavy (non-hydrogen) atoms. The van der Waals surface area contributed by atoms with Gasteiger partial charge in [-0.15, -0.1) is 0 Å².